The van der Waals surface area contributed by atoms with E-state index in [-0.39, 0.29) is 5.92 Å². The Morgan fingerprint density at radius 1 is 1.46 bits per heavy atom. The van der Waals surface area contributed by atoms with Crippen LogP contribution in [0.15, 0.2) is 36.1 Å². The van der Waals surface area contributed by atoms with Crippen LogP contribution in [0.5, 0.6) is 0 Å². The third kappa shape index (κ3) is 3.50. The zero-order valence-corrected chi connectivity index (χ0v) is 16.5. The third-order valence-corrected chi connectivity index (χ3v) is 5.22. The molecular weight excluding hydrogens is 326 g/mol. The van der Waals surface area contributed by atoms with Crippen molar-refractivity contribution in [3.8, 4) is 0 Å². The van der Waals surface area contributed by atoms with E-state index in [4.69, 9.17) is 4.74 Å². The molecule has 3 atom stereocenters. The number of hydrogen-bond donors (Lipinski definition) is 2. The summed E-state index contributed by atoms with van der Waals surface area (Å²) in [5.74, 6) is -1.18. The Bertz CT molecular complexity index is 782. The van der Waals surface area contributed by atoms with Crippen LogP contribution in [0.3, 0.4) is 0 Å². The van der Waals surface area contributed by atoms with Crippen molar-refractivity contribution in [2.45, 2.75) is 44.9 Å². The number of methoxy groups -OCH3 is 1. The molecule has 0 heterocycles. The number of fused-ring (bicyclic) bond motifs is 2. The summed E-state index contributed by atoms with van der Waals surface area (Å²) in [6, 6.07) is 3.88. The van der Waals surface area contributed by atoms with Gasteiger partial charge < -0.3 is 15.2 Å². The zero-order chi connectivity index (χ0) is 19.6. The largest absolute Gasteiger partial charge is 0.362 e. The molecule has 1 aromatic rings. The van der Waals surface area contributed by atoms with E-state index in [0.717, 1.165) is 27.8 Å². The molecule has 0 amide bonds. The van der Waals surface area contributed by atoms with Crippen molar-refractivity contribution in [2.75, 3.05) is 14.2 Å². The van der Waals surface area contributed by atoms with Crippen molar-refractivity contribution in [3.63, 3.8) is 0 Å². The molecule has 140 valence electrons. The standard InChI is InChI=1S/C21H30N3O2/c1-13(2)20-14(3)9-17-10-18(20)15(4)21(25,26-8)19(11-17)24(7)12-23-16(5)22-6/h9-10,12,15,19,22,25H,1,5,7,11H2,2-4,6,8H3/q+1. The second kappa shape index (κ2) is 7.56. The summed E-state index contributed by atoms with van der Waals surface area (Å²) in [4.78, 5) is 4.22. The number of ether oxygens (including phenoxy) is 1. The molecule has 0 aromatic heterocycles. The van der Waals surface area contributed by atoms with E-state index in [1.807, 2.05) is 13.8 Å². The molecule has 3 unspecified atom stereocenters. The molecule has 26 heavy (non-hydrogen) atoms. The number of benzene rings is 1. The molecule has 5 nitrogen and oxygen atoms in total. The highest BCUT2D eigenvalue weighted by atomic mass is 16.6. The van der Waals surface area contributed by atoms with Crippen LogP contribution in [-0.2, 0) is 11.2 Å². The maximum absolute atomic E-state index is 11.5. The lowest BCUT2D eigenvalue weighted by Gasteiger charge is -2.37. The fraction of sp³-hybridized carbons (Fsp3) is 0.429. The first-order valence-electron chi connectivity index (χ1n) is 8.72. The molecule has 2 N–H and O–H groups in total. The minimum absolute atomic E-state index is 0.268. The van der Waals surface area contributed by atoms with E-state index in [9.17, 15) is 5.11 Å². The topological polar surface area (TPSA) is 56.9 Å². The maximum atomic E-state index is 11.5. The molecule has 0 aliphatic heterocycles. The van der Waals surface area contributed by atoms with Gasteiger partial charge in [0.2, 0.25) is 11.6 Å². The van der Waals surface area contributed by atoms with Crippen molar-refractivity contribution in [3.05, 3.63) is 53.4 Å². The molecule has 0 radical (unpaired) electrons. The van der Waals surface area contributed by atoms with E-state index in [1.165, 1.54) is 7.11 Å². The van der Waals surface area contributed by atoms with Gasteiger partial charge in [0.1, 0.15) is 0 Å². The molecule has 2 rings (SSSR count). The van der Waals surface area contributed by atoms with Crippen LogP contribution < -0.4 is 5.32 Å². The smallest absolute Gasteiger partial charge is 0.288 e. The van der Waals surface area contributed by atoms with Gasteiger partial charge in [-0.15, -0.1) is 0 Å². The van der Waals surface area contributed by atoms with Gasteiger partial charge in [0.25, 0.3) is 6.34 Å². The normalized spacial score (nSPS) is 25.0. The first-order valence-corrected chi connectivity index (χ1v) is 8.72. The SMILES string of the molecule is C=C(N=C[N+](=C)C1Cc2cc(C)c(C(=C)C)c(c2)C(C)C1(O)OC)NC. The number of hydrogen-bond acceptors (Lipinski definition) is 4. The molecule has 0 spiro atoms. The van der Waals surface area contributed by atoms with E-state index in [0.29, 0.717) is 12.2 Å². The first kappa shape index (κ1) is 20.1. The van der Waals surface area contributed by atoms with Gasteiger partial charge in [-0.1, -0.05) is 31.2 Å². The van der Waals surface area contributed by atoms with Crippen LogP contribution in [0, 0.1) is 6.92 Å². The van der Waals surface area contributed by atoms with E-state index in [1.54, 1.807) is 18.0 Å². The molecule has 2 bridgehead atoms. The number of nitrogens with one attached hydrogen (secondary N) is 1. The lowest BCUT2D eigenvalue weighted by atomic mass is 9.84. The van der Waals surface area contributed by atoms with Gasteiger partial charge in [0.05, 0.1) is 6.72 Å². The average molecular weight is 356 g/mol. The Balaban J connectivity index is 2.55. The minimum Gasteiger partial charge on any atom is -0.362 e. The Labute approximate surface area is 156 Å². The van der Waals surface area contributed by atoms with Gasteiger partial charge in [0.15, 0.2) is 6.04 Å². The highest BCUT2D eigenvalue weighted by Crippen LogP contribution is 2.41. The molecule has 1 aliphatic rings. The molecule has 1 aliphatic carbocycles. The average Bonchev–Trinajstić information content (AvgIpc) is 2.68. The van der Waals surface area contributed by atoms with E-state index in [2.05, 4.69) is 49.2 Å². The number of rotatable bonds is 6. The lowest BCUT2D eigenvalue weighted by Crippen LogP contribution is -2.53. The van der Waals surface area contributed by atoms with Crippen LogP contribution in [0.4, 0.5) is 0 Å². The second-order valence-corrected chi connectivity index (χ2v) is 7.01. The number of allylic oxidation sites excluding steroid dienone is 1. The minimum atomic E-state index is -1.43. The highest BCUT2D eigenvalue weighted by Gasteiger charge is 2.49. The van der Waals surface area contributed by atoms with E-state index < -0.39 is 11.8 Å². The predicted octanol–water partition coefficient (Wildman–Crippen LogP) is 2.82. The van der Waals surface area contributed by atoms with Crippen molar-refractivity contribution in [1.82, 2.24) is 5.32 Å². The number of aryl methyl sites for hydroxylation is 1. The summed E-state index contributed by atoms with van der Waals surface area (Å²) >= 11 is 0. The molecule has 0 fully saturated rings. The molecular formula is C21H30N3O2+. The van der Waals surface area contributed by atoms with Crippen molar-refractivity contribution >= 4 is 18.6 Å². The van der Waals surface area contributed by atoms with Crippen LogP contribution in [0.25, 0.3) is 5.57 Å². The Morgan fingerprint density at radius 2 is 2.12 bits per heavy atom. The number of aliphatic hydroxyl groups is 1. The predicted molar refractivity (Wildman–Crippen MR) is 108 cm³/mol. The summed E-state index contributed by atoms with van der Waals surface area (Å²) in [5.41, 5.74) is 5.39. The Kier molecular flexibility index (Phi) is 5.84. The number of nitrogens with zero attached hydrogens (tertiary/aromatic N) is 2. The Morgan fingerprint density at radius 3 is 2.65 bits per heavy atom. The van der Waals surface area contributed by atoms with Gasteiger partial charge in [-0.25, -0.2) is 4.58 Å². The molecule has 0 saturated heterocycles. The van der Waals surface area contributed by atoms with Crippen LogP contribution in [0.2, 0.25) is 0 Å². The fourth-order valence-electron chi connectivity index (χ4n) is 3.77. The quantitative estimate of drug-likeness (QED) is 0.357. The van der Waals surface area contributed by atoms with Gasteiger partial charge in [0, 0.05) is 26.5 Å². The van der Waals surface area contributed by atoms with Gasteiger partial charge in [-0.05, 0) is 47.7 Å². The van der Waals surface area contributed by atoms with Crippen molar-refractivity contribution in [1.29, 1.82) is 0 Å². The third-order valence-electron chi connectivity index (χ3n) is 5.22. The fourth-order valence-corrected chi connectivity index (χ4v) is 3.77. The van der Waals surface area contributed by atoms with Crippen molar-refractivity contribution in [2.24, 2.45) is 4.99 Å². The Hall–Kier alpha value is -2.24. The summed E-state index contributed by atoms with van der Waals surface area (Å²) in [7, 11) is 3.28. The molecule has 0 saturated carbocycles. The summed E-state index contributed by atoms with van der Waals surface area (Å²) in [6.45, 7) is 18.0. The summed E-state index contributed by atoms with van der Waals surface area (Å²) < 4.78 is 7.31. The van der Waals surface area contributed by atoms with Gasteiger partial charge in [-0.3, -0.25) is 0 Å². The van der Waals surface area contributed by atoms with Crippen LogP contribution >= 0.6 is 0 Å². The zero-order valence-electron chi connectivity index (χ0n) is 16.5. The summed E-state index contributed by atoms with van der Waals surface area (Å²) in [5, 5.41) is 14.4. The monoisotopic (exact) mass is 356 g/mol. The van der Waals surface area contributed by atoms with Crippen molar-refractivity contribution < 1.29 is 14.4 Å². The summed E-state index contributed by atoms with van der Waals surface area (Å²) in [6.07, 6.45) is 2.15. The molecule has 5 heteroatoms. The lowest BCUT2D eigenvalue weighted by molar-refractivity contribution is -0.497. The van der Waals surface area contributed by atoms with Gasteiger partial charge in [-0.2, -0.15) is 0 Å². The second-order valence-electron chi connectivity index (χ2n) is 7.01. The number of aliphatic imine (C=N–C) groups is 1. The van der Waals surface area contributed by atoms with Gasteiger partial charge >= 0.3 is 0 Å². The van der Waals surface area contributed by atoms with E-state index >= 15 is 0 Å². The van der Waals surface area contributed by atoms with Crippen LogP contribution in [0.1, 0.15) is 42.0 Å². The first-order chi connectivity index (χ1) is 12.2. The highest BCUT2D eigenvalue weighted by molar-refractivity contribution is 5.69. The van der Waals surface area contributed by atoms with Crippen LogP contribution in [-0.4, -0.2) is 48.7 Å². The molecule has 1 aromatic carbocycles. The maximum Gasteiger partial charge on any atom is 0.288 e.